The van der Waals surface area contributed by atoms with E-state index in [2.05, 4.69) is 6.92 Å². The number of rotatable bonds is 3. The molecular formula is C31H42O10. The average Bonchev–Trinajstić information content (AvgIpc) is 3.46. The largest absolute Gasteiger partial charge is 0.458 e. The van der Waals surface area contributed by atoms with E-state index in [9.17, 15) is 24.6 Å². The summed E-state index contributed by atoms with van der Waals surface area (Å²) in [5, 5.41) is 23.5. The Bertz CT molecular complexity index is 1170. The van der Waals surface area contributed by atoms with E-state index in [0.717, 1.165) is 44.0 Å². The van der Waals surface area contributed by atoms with Crippen LogP contribution in [0.15, 0.2) is 11.6 Å². The maximum Gasteiger partial charge on any atom is 0.331 e. The Kier molecular flexibility index (Phi) is 6.36. The lowest BCUT2D eigenvalue weighted by atomic mass is 9.42. The third-order valence-electron chi connectivity index (χ3n) is 12.4. The van der Waals surface area contributed by atoms with Gasteiger partial charge in [0.1, 0.15) is 19.0 Å². The van der Waals surface area contributed by atoms with Crippen LogP contribution in [0, 0.1) is 34.5 Å². The van der Waals surface area contributed by atoms with Crippen LogP contribution in [0.5, 0.6) is 0 Å². The highest BCUT2D eigenvalue weighted by Crippen LogP contribution is 2.70. The van der Waals surface area contributed by atoms with E-state index in [0.29, 0.717) is 25.9 Å². The maximum atomic E-state index is 13.2. The van der Waals surface area contributed by atoms with Gasteiger partial charge in [0.15, 0.2) is 0 Å². The summed E-state index contributed by atoms with van der Waals surface area (Å²) >= 11 is 0. The highest BCUT2D eigenvalue weighted by molar-refractivity contribution is 5.85. The molecule has 4 aliphatic carbocycles. The molecule has 3 aliphatic heterocycles. The van der Waals surface area contributed by atoms with Crippen molar-refractivity contribution in [2.24, 2.45) is 34.5 Å². The predicted octanol–water partition coefficient (Wildman–Crippen LogP) is 2.57. The Balaban J connectivity index is 1.18. The number of carbonyl (C=O) groups excluding carboxylic acids is 3. The monoisotopic (exact) mass is 574 g/mol. The first-order valence-corrected chi connectivity index (χ1v) is 15.4. The third kappa shape index (κ3) is 3.76. The Hall–Kier alpha value is -1.85. The van der Waals surface area contributed by atoms with Crippen molar-refractivity contribution in [2.45, 2.75) is 121 Å². The summed E-state index contributed by atoms with van der Waals surface area (Å²) in [5.74, 6) is -2.58. The molecule has 13 atom stereocenters. The van der Waals surface area contributed by atoms with Crippen LogP contribution in [0.4, 0.5) is 0 Å². The molecule has 0 aromatic heterocycles. The molecule has 0 spiro atoms. The number of carbonyl (C=O) groups is 3. The standard InChI is InChI=1S/C31H42O10/c1-16-10-25(34)31(40-17(2)33)27(38-16)39-24-13-29(15-32)19(12-23(24)41-31)4-5-22-21(29)6-8-28(3)20(7-9-30(22,28)36)18-11-26(35)37-14-18/h11,15-16,19-25,27,34,36H,4-10,12-14H2,1-3H3/t16-,19+,20-,21+,22-,23-,24-,25+,27+,28-,29-,30+,31+/m1/s1. The van der Waals surface area contributed by atoms with Crippen molar-refractivity contribution in [2.75, 3.05) is 6.61 Å². The molecule has 0 unspecified atom stereocenters. The van der Waals surface area contributed by atoms with E-state index in [1.54, 1.807) is 6.08 Å². The Morgan fingerprint density at radius 3 is 2.61 bits per heavy atom. The van der Waals surface area contributed by atoms with Gasteiger partial charge in [-0.3, -0.25) is 4.79 Å². The van der Waals surface area contributed by atoms with Crippen molar-refractivity contribution >= 4 is 18.2 Å². The topological polar surface area (TPSA) is 138 Å². The van der Waals surface area contributed by atoms with Gasteiger partial charge in [0, 0.05) is 30.3 Å². The molecule has 0 radical (unpaired) electrons. The lowest BCUT2D eigenvalue weighted by Gasteiger charge is -2.64. The zero-order chi connectivity index (χ0) is 28.9. The van der Waals surface area contributed by atoms with Crippen LogP contribution in [-0.2, 0) is 38.1 Å². The first-order chi connectivity index (χ1) is 19.5. The number of aldehydes is 1. The van der Waals surface area contributed by atoms with Crippen molar-refractivity contribution in [3.05, 3.63) is 11.6 Å². The van der Waals surface area contributed by atoms with Crippen LogP contribution in [-0.4, -0.2) is 77.1 Å². The highest BCUT2D eigenvalue weighted by atomic mass is 16.8. The van der Waals surface area contributed by atoms with E-state index in [1.165, 1.54) is 6.92 Å². The first kappa shape index (κ1) is 28.0. The van der Waals surface area contributed by atoms with Gasteiger partial charge in [0.25, 0.3) is 5.79 Å². The molecule has 3 heterocycles. The second kappa shape index (κ2) is 9.32. The van der Waals surface area contributed by atoms with Crippen LogP contribution < -0.4 is 0 Å². The molecule has 10 heteroatoms. The molecule has 0 bridgehead atoms. The number of fused-ring (bicyclic) bond motifs is 7. The molecule has 0 aromatic carbocycles. The average molecular weight is 575 g/mol. The fraction of sp³-hybridized carbons (Fsp3) is 0.839. The first-order valence-electron chi connectivity index (χ1n) is 15.4. The highest BCUT2D eigenvalue weighted by Gasteiger charge is 2.71. The molecule has 226 valence electrons. The molecule has 7 aliphatic rings. The Morgan fingerprint density at radius 1 is 1.10 bits per heavy atom. The second-order valence-corrected chi connectivity index (χ2v) is 14.1. The lowest BCUT2D eigenvalue weighted by molar-refractivity contribution is -0.456. The number of hydrogen-bond acceptors (Lipinski definition) is 10. The van der Waals surface area contributed by atoms with Crippen molar-refractivity contribution in [1.29, 1.82) is 0 Å². The molecule has 0 amide bonds. The summed E-state index contributed by atoms with van der Waals surface area (Å²) in [5.41, 5.74) is -1.03. The molecular weight excluding hydrogens is 532 g/mol. The van der Waals surface area contributed by atoms with Gasteiger partial charge in [-0.05, 0) is 87.5 Å². The minimum absolute atomic E-state index is 0.00694. The van der Waals surface area contributed by atoms with Gasteiger partial charge in [-0.2, -0.15) is 0 Å². The third-order valence-corrected chi connectivity index (χ3v) is 12.4. The molecule has 2 N–H and O–H groups in total. The molecule has 2 saturated heterocycles. The smallest absolute Gasteiger partial charge is 0.331 e. The fourth-order valence-electron chi connectivity index (χ4n) is 10.6. The molecule has 4 saturated carbocycles. The van der Waals surface area contributed by atoms with Gasteiger partial charge in [0.05, 0.1) is 23.9 Å². The Morgan fingerprint density at radius 2 is 1.90 bits per heavy atom. The normalized spacial score (nSPS) is 53.9. The number of hydrogen-bond donors (Lipinski definition) is 2. The minimum atomic E-state index is -1.74. The fourth-order valence-corrected chi connectivity index (χ4v) is 10.6. The summed E-state index contributed by atoms with van der Waals surface area (Å²) < 4.78 is 29.8. The second-order valence-electron chi connectivity index (χ2n) is 14.1. The number of ether oxygens (including phenoxy) is 5. The van der Waals surface area contributed by atoms with E-state index < -0.39 is 52.8 Å². The van der Waals surface area contributed by atoms with Crippen LogP contribution in [0.1, 0.15) is 78.6 Å². The zero-order valence-electron chi connectivity index (χ0n) is 24.1. The molecule has 0 aromatic rings. The van der Waals surface area contributed by atoms with Crippen LogP contribution in [0.2, 0.25) is 0 Å². The van der Waals surface area contributed by atoms with E-state index in [1.807, 2.05) is 6.92 Å². The number of esters is 2. The van der Waals surface area contributed by atoms with E-state index >= 15 is 0 Å². The van der Waals surface area contributed by atoms with Crippen LogP contribution in [0.3, 0.4) is 0 Å². The van der Waals surface area contributed by atoms with Gasteiger partial charge in [-0.25, -0.2) is 4.79 Å². The number of cyclic esters (lactones) is 1. The number of aliphatic hydroxyl groups is 2. The summed E-state index contributed by atoms with van der Waals surface area (Å²) in [6.07, 6.45) is 5.04. The van der Waals surface area contributed by atoms with E-state index in [-0.39, 0.29) is 42.2 Å². The minimum Gasteiger partial charge on any atom is -0.458 e. The summed E-state index contributed by atoms with van der Waals surface area (Å²) in [6, 6.07) is 0. The zero-order valence-corrected chi connectivity index (χ0v) is 24.1. The maximum absolute atomic E-state index is 13.2. The van der Waals surface area contributed by atoms with Gasteiger partial charge in [-0.1, -0.05) is 6.92 Å². The summed E-state index contributed by atoms with van der Waals surface area (Å²) in [7, 11) is 0. The van der Waals surface area contributed by atoms with Crippen LogP contribution in [0.25, 0.3) is 0 Å². The molecule has 7 rings (SSSR count). The van der Waals surface area contributed by atoms with Gasteiger partial charge >= 0.3 is 11.9 Å². The quantitative estimate of drug-likeness (QED) is 0.294. The molecule has 10 nitrogen and oxygen atoms in total. The SMILES string of the molecule is CC(=O)O[C@@]12O[C@@H]3C[C@@H]4CC[C@@H]5[C@H](CC[C@]6(C)[C@@H](C7=CC(=O)OC7)CC[C@]56O)[C@@]4(C=O)C[C@H]3O[C@@H]1O[C@H](C)C[C@@H]2O. The Labute approximate surface area is 240 Å². The van der Waals surface area contributed by atoms with Gasteiger partial charge in [0.2, 0.25) is 6.29 Å². The van der Waals surface area contributed by atoms with Crippen molar-refractivity contribution in [3.63, 3.8) is 0 Å². The van der Waals surface area contributed by atoms with Crippen molar-refractivity contribution in [3.8, 4) is 0 Å². The summed E-state index contributed by atoms with van der Waals surface area (Å²) in [6.45, 7) is 5.56. The van der Waals surface area contributed by atoms with E-state index in [4.69, 9.17) is 23.7 Å². The van der Waals surface area contributed by atoms with Crippen molar-refractivity contribution < 1.29 is 48.3 Å². The van der Waals surface area contributed by atoms with Gasteiger partial charge < -0.3 is 38.7 Å². The predicted molar refractivity (Wildman–Crippen MR) is 141 cm³/mol. The van der Waals surface area contributed by atoms with Crippen molar-refractivity contribution in [1.82, 2.24) is 0 Å². The molecule has 6 fully saturated rings. The van der Waals surface area contributed by atoms with Crippen LogP contribution >= 0.6 is 0 Å². The number of aliphatic hydroxyl groups excluding tert-OH is 1. The lowest BCUT2D eigenvalue weighted by Crippen LogP contribution is -2.72. The van der Waals surface area contributed by atoms with Gasteiger partial charge in [-0.15, -0.1) is 0 Å². The molecule has 41 heavy (non-hydrogen) atoms. The summed E-state index contributed by atoms with van der Waals surface area (Å²) in [4.78, 5) is 37.2.